The maximum Gasteiger partial charge on any atom is 0.111 e. The molecule has 0 amide bonds. The summed E-state index contributed by atoms with van der Waals surface area (Å²) in [5.41, 5.74) is 10.6. The summed E-state index contributed by atoms with van der Waals surface area (Å²) in [7, 11) is 0. The number of para-hydroxylation sites is 1. The van der Waals surface area contributed by atoms with Crippen molar-refractivity contribution in [1.82, 2.24) is 14.9 Å². The standard InChI is InChI=1S/C28H25N3/c1-3-8-19-17-23-20(18(19)2)10-6-11-21(23)24-12-7-14-27(30-24)31-25-13-5-4-9-22(25)28-26(31)15-16-29-28/h3-16,24,29-30H,17H2,1-2H3/b8-3-. The number of rotatable bonds is 3. The van der Waals surface area contributed by atoms with Gasteiger partial charge in [-0.05, 0) is 66.3 Å². The van der Waals surface area contributed by atoms with Gasteiger partial charge in [0.25, 0.3) is 0 Å². The lowest BCUT2D eigenvalue weighted by Gasteiger charge is -2.25. The molecular weight excluding hydrogens is 378 g/mol. The largest absolute Gasteiger partial charge is 0.361 e. The summed E-state index contributed by atoms with van der Waals surface area (Å²) in [6, 6.07) is 17.6. The highest BCUT2D eigenvalue weighted by Crippen LogP contribution is 2.39. The summed E-state index contributed by atoms with van der Waals surface area (Å²) in [6.07, 6.45) is 14.0. The van der Waals surface area contributed by atoms with Crippen LogP contribution in [0.25, 0.3) is 33.3 Å². The third kappa shape index (κ3) is 2.66. The van der Waals surface area contributed by atoms with E-state index in [0.717, 1.165) is 12.2 Å². The number of nitrogens with zero attached hydrogens (tertiary/aromatic N) is 1. The molecule has 2 aromatic heterocycles. The van der Waals surface area contributed by atoms with Gasteiger partial charge in [-0.25, -0.2) is 0 Å². The number of hydrogen-bond acceptors (Lipinski definition) is 1. The van der Waals surface area contributed by atoms with Gasteiger partial charge in [-0.1, -0.05) is 60.7 Å². The Balaban J connectivity index is 1.42. The molecule has 2 aliphatic rings. The van der Waals surface area contributed by atoms with E-state index in [1.807, 2.05) is 6.20 Å². The molecule has 0 saturated heterocycles. The van der Waals surface area contributed by atoms with Crippen molar-refractivity contribution < 1.29 is 0 Å². The van der Waals surface area contributed by atoms with Gasteiger partial charge < -0.3 is 10.3 Å². The van der Waals surface area contributed by atoms with Gasteiger partial charge in [0.15, 0.2) is 0 Å². The molecule has 1 aliphatic heterocycles. The van der Waals surface area contributed by atoms with Crippen LogP contribution in [0.3, 0.4) is 0 Å². The van der Waals surface area contributed by atoms with E-state index < -0.39 is 0 Å². The van der Waals surface area contributed by atoms with Crippen LogP contribution < -0.4 is 5.32 Å². The third-order valence-electron chi connectivity index (χ3n) is 6.65. The van der Waals surface area contributed by atoms with Gasteiger partial charge in [0, 0.05) is 11.6 Å². The van der Waals surface area contributed by atoms with Crippen LogP contribution in [0.2, 0.25) is 0 Å². The van der Waals surface area contributed by atoms with Crippen LogP contribution in [0.15, 0.2) is 90.7 Å². The summed E-state index contributed by atoms with van der Waals surface area (Å²) in [5.74, 6) is 1.10. The van der Waals surface area contributed by atoms with Crippen molar-refractivity contribution in [1.29, 1.82) is 0 Å². The first-order valence-electron chi connectivity index (χ1n) is 10.9. The molecule has 2 N–H and O–H groups in total. The molecular formula is C28H25N3. The molecule has 0 bridgehead atoms. The Bertz CT molecular complexity index is 1450. The van der Waals surface area contributed by atoms with Crippen LogP contribution in [0.1, 0.15) is 36.6 Å². The van der Waals surface area contributed by atoms with Gasteiger partial charge in [-0.15, -0.1) is 0 Å². The topological polar surface area (TPSA) is 32.8 Å². The summed E-state index contributed by atoms with van der Waals surface area (Å²) in [4.78, 5) is 3.41. The van der Waals surface area contributed by atoms with Gasteiger partial charge in [-0.3, -0.25) is 4.57 Å². The SMILES string of the molecule is C/C=C\C1=C(C)c2cccc(C3C=CC=C(n4c5ccccc5c5[nH]ccc54)N3)c2C1. The quantitative estimate of drug-likeness (QED) is 0.391. The van der Waals surface area contributed by atoms with Gasteiger partial charge in [0.05, 0.1) is 22.6 Å². The van der Waals surface area contributed by atoms with Crippen LogP contribution >= 0.6 is 0 Å². The number of allylic oxidation sites excluding steroid dienone is 6. The van der Waals surface area contributed by atoms with Gasteiger partial charge in [0.2, 0.25) is 0 Å². The average Bonchev–Trinajstić information content (AvgIpc) is 3.48. The number of hydrogen-bond donors (Lipinski definition) is 2. The number of H-pyrrole nitrogens is 1. The summed E-state index contributed by atoms with van der Waals surface area (Å²) >= 11 is 0. The van der Waals surface area contributed by atoms with E-state index in [2.05, 4.69) is 108 Å². The molecule has 152 valence electrons. The first-order chi connectivity index (χ1) is 15.3. The number of dihydropyridines is 1. The fourth-order valence-electron chi connectivity index (χ4n) is 5.19. The van der Waals surface area contributed by atoms with Crippen LogP contribution in [0.5, 0.6) is 0 Å². The summed E-state index contributed by atoms with van der Waals surface area (Å²) < 4.78 is 2.33. The van der Waals surface area contributed by atoms with Crippen molar-refractivity contribution >= 4 is 33.3 Å². The van der Waals surface area contributed by atoms with Crippen molar-refractivity contribution in [2.45, 2.75) is 26.3 Å². The molecule has 3 heterocycles. The zero-order valence-electron chi connectivity index (χ0n) is 17.8. The van der Waals surface area contributed by atoms with Crippen LogP contribution in [0.4, 0.5) is 0 Å². The van der Waals surface area contributed by atoms with Crippen molar-refractivity contribution in [3.05, 3.63) is 107 Å². The molecule has 6 rings (SSSR count). The molecule has 1 aliphatic carbocycles. The Hall–Kier alpha value is -3.72. The first kappa shape index (κ1) is 18.1. The maximum absolute atomic E-state index is 3.82. The van der Waals surface area contributed by atoms with Crippen LogP contribution in [-0.4, -0.2) is 9.55 Å². The number of aromatic nitrogens is 2. The molecule has 1 atom stereocenters. The highest BCUT2D eigenvalue weighted by Gasteiger charge is 2.25. The van der Waals surface area contributed by atoms with Crippen LogP contribution in [0, 0.1) is 0 Å². The zero-order chi connectivity index (χ0) is 20.9. The monoisotopic (exact) mass is 403 g/mol. The minimum Gasteiger partial charge on any atom is -0.361 e. The van der Waals surface area contributed by atoms with Gasteiger partial charge >= 0.3 is 0 Å². The highest BCUT2D eigenvalue weighted by atomic mass is 15.2. The number of fused-ring (bicyclic) bond motifs is 4. The smallest absolute Gasteiger partial charge is 0.111 e. The second kappa shape index (κ2) is 6.92. The normalized spacial score (nSPS) is 18.3. The molecule has 0 spiro atoms. The lowest BCUT2D eigenvalue weighted by atomic mass is 9.94. The molecule has 0 fully saturated rings. The molecule has 2 aromatic carbocycles. The van der Waals surface area contributed by atoms with Crippen molar-refractivity contribution in [3.8, 4) is 0 Å². The minimum atomic E-state index is 0.142. The lowest BCUT2D eigenvalue weighted by Crippen LogP contribution is -2.24. The Morgan fingerprint density at radius 2 is 1.94 bits per heavy atom. The number of aromatic amines is 1. The second-order valence-electron chi connectivity index (χ2n) is 8.35. The van der Waals surface area contributed by atoms with E-state index in [4.69, 9.17) is 0 Å². The summed E-state index contributed by atoms with van der Waals surface area (Å²) in [5, 5.41) is 5.07. The van der Waals surface area contributed by atoms with Crippen molar-refractivity contribution in [3.63, 3.8) is 0 Å². The zero-order valence-corrected chi connectivity index (χ0v) is 17.8. The number of benzene rings is 2. The van der Waals surface area contributed by atoms with E-state index in [1.54, 1.807) is 0 Å². The first-order valence-corrected chi connectivity index (χ1v) is 10.9. The lowest BCUT2D eigenvalue weighted by molar-refractivity contribution is 0.729. The van der Waals surface area contributed by atoms with Gasteiger partial charge in [-0.2, -0.15) is 0 Å². The Kier molecular flexibility index (Phi) is 4.03. The summed E-state index contributed by atoms with van der Waals surface area (Å²) in [6.45, 7) is 4.34. The van der Waals surface area contributed by atoms with Crippen LogP contribution in [-0.2, 0) is 6.42 Å². The average molecular weight is 404 g/mol. The second-order valence-corrected chi connectivity index (χ2v) is 8.35. The fraction of sp³-hybridized carbons (Fsp3) is 0.143. The fourth-order valence-corrected chi connectivity index (χ4v) is 5.19. The third-order valence-corrected chi connectivity index (χ3v) is 6.65. The molecule has 0 saturated carbocycles. The molecule has 3 heteroatoms. The molecule has 4 aromatic rings. The maximum atomic E-state index is 3.82. The van der Waals surface area contributed by atoms with E-state index in [1.165, 1.54) is 49.8 Å². The highest BCUT2D eigenvalue weighted by molar-refractivity contribution is 6.08. The van der Waals surface area contributed by atoms with Crippen molar-refractivity contribution in [2.24, 2.45) is 0 Å². The molecule has 0 radical (unpaired) electrons. The molecule has 31 heavy (non-hydrogen) atoms. The Morgan fingerprint density at radius 1 is 1.03 bits per heavy atom. The van der Waals surface area contributed by atoms with E-state index >= 15 is 0 Å². The van der Waals surface area contributed by atoms with E-state index in [0.29, 0.717) is 0 Å². The Labute approximate surface area is 182 Å². The molecule has 3 nitrogen and oxygen atoms in total. The molecule has 1 unspecified atom stereocenters. The Morgan fingerprint density at radius 3 is 2.84 bits per heavy atom. The predicted molar refractivity (Wildman–Crippen MR) is 131 cm³/mol. The van der Waals surface area contributed by atoms with Gasteiger partial charge in [0.1, 0.15) is 5.82 Å². The predicted octanol–water partition coefficient (Wildman–Crippen LogP) is 6.73. The van der Waals surface area contributed by atoms with E-state index in [9.17, 15) is 0 Å². The number of nitrogens with one attached hydrogen (secondary N) is 2. The minimum absolute atomic E-state index is 0.142. The van der Waals surface area contributed by atoms with E-state index in [-0.39, 0.29) is 6.04 Å². The van der Waals surface area contributed by atoms with Crippen molar-refractivity contribution in [2.75, 3.05) is 0 Å².